The van der Waals surface area contributed by atoms with Crippen LogP contribution in [0.1, 0.15) is 73.1 Å². The molecule has 3 unspecified atom stereocenters. The van der Waals surface area contributed by atoms with Crippen LogP contribution < -0.4 is 10.6 Å². The van der Waals surface area contributed by atoms with Crippen LogP contribution in [0.25, 0.3) is 0 Å². The molecule has 3 atom stereocenters. The summed E-state index contributed by atoms with van der Waals surface area (Å²) in [5.41, 5.74) is 0.328. The van der Waals surface area contributed by atoms with Crippen LogP contribution in [0.2, 0.25) is 0 Å². The number of halogens is 1. The van der Waals surface area contributed by atoms with Crippen LogP contribution >= 0.6 is 0 Å². The Hall–Kier alpha value is -1.39. The second-order valence-corrected chi connectivity index (χ2v) is 9.22. The molecule has 1 aliphatic carbocycles. The molecule has 5 heteroatoms. The molecule has 0 heterocycles. The Kier molecular flexibility index (Phi) is 9.48. The molecule has 158 valence electrons. The van der Waals surface area contributed by atoms with Crippen molar-refractivity contribution >= 4 is 0 Å². The summed E-state index contributed by atoms with van der Waals surface area (Å²) in [4.78, 5) is 0. The van der Waals surface area contributed by atoms with E-state index < -0.39 is 6.17 Å². The van der Waals surface area contributed by atoms with E-state index in [0.717, 1.165) is 38.6 Å². The number of hydrogen-bond acceptors (Lipinski definition) is 4. The first-order chi connectivity index (χ1) is 12.6. The van der Waals surface area contributed by atoms with E-state index in [0.29, 0.717) is 31.4 Å². The second kappa shape index (κ2) is 10.8. The lowest BCUT2D eigenvalue weighted by Crippen LogP contribution is -2.48. The Morgan fingerprint density at radius 3 is 2.44 bits per heavy atom. The fraction of sp³-hybridized carbons (Fsp3) is 0.818. The molecule has 0 radical (unpaired) electrons. The maximum Gasteiger partial charge on any atom is 0.179 e. The highest BCUT2D eigenvalue weighted by Crippen LogP contribution is 2.46. The SMILES string of the molecule is C=C(NCC1(C)CC(NC(=C)OCCC(C)F)CC(C)(C)C1)OCCCC. The van der Waals surface area contributed by atoms with E-state index in [2.05, 4.69) is 51.5 Å². The smallest absolute Gasteiger partial charge is 0.179 e. The van der Waals surface area contributed by atoms with Crippen molar-refractivity contribution in [2.75, 3.05) is 19.8 Å². The molecular formula is C22H41FN2O2. The van der Waals surface area contributed by atoms with Gasteiger partial charge in [0.2, 0.25) is 0 Å². The summed E-state index contributed by atoms with van der Waals surface area (Å²) in [7, 11) is 0. The number of hydrogen-bond donors (Lipinski definition) is 2. The van der Waals surface area contributed by atoms with Gasteiger partial charge in [0.15, 0.2) is 11.8 Å². The maximum atomic E-state index is 12.9. The lowest BCUT2D eigenvalue weighted by molar-refractivity contribution is 0.0588. The third kappa shape index (κ3) is 9.92. The normalized spacial score (nSPS) is 25.3. The first kappa shape index (κ1) is 23.6. The molecule has 1 rings (SSSR count). The molecule has 0 saturated heterocycles. The zero-order chi connectivity index (χ0) is 20.5. The highest BCUT2D eigenvalue weighted by Gasteiger charge is 2.41. The van der Waals surface area contributed by atoms with Gasteiger partial charge in [0.25, 0.3) is 0 Å². The Bertz CT molecular complexity index is 479. The largest absolute Gasteiger partial charge is 0.480 e. The highest BCUT2D eigenvalue weighted by atomic mass is 19.1. The van der Waals surface area contributed by atoms with Crippen molar-refractivity contribution < 1.29 is 13.9 Å². The van der Waals surface area contributed by atoms with Gasteiger partial charge >= 0.3 is 0 Å². The van der Waals surface area contributed by atoms with Gasteiger partial charge in [-0.05, 0) is 56.6 Å². The molecule has 1 fully saturated rings. The molecular weight excluding hydrogens is 343 g/mol. The zero-order valence-electron chi connectivity index (χ0n) is 18.1. The van der Waals surface area contributed by atoms with E-state index in [9.17, 15) is 4.39 Å². The Morgan fingerprint density at radius 1 is 1.15 bits per heavy atom. The highest BCUT2D eigenvalue weighted by molar-refractivity contribution is 4.99. The summed E-state index contributed by atoms with van der Waals surface area (Å²) in [6.07, 6.45) is 4.88. The zero-order valence-corrected chi connectivity index (χ0v) is 18.1. The molecule has 0 spiro atoms. The summed E-state index contributed by atoms with van der Waals surface area (Å²) in [6, 6.07) is 0.283. The van der Waals surface area contributed by atoms with Gasteiger partial charge in [-0.1, -0.05) is 34.1 Å². The minimum Gasteiger partial charge on any atom is -0.480 e. The van der Waals surface area contributed by atoms with Gasteiger partial charge in [-0.25, -0.2) is 4.39 Å². The Labute approximate surface area is 166 Å². The maximum absolute atomic E-state index is 12.9. The molecule has 1 saturated carbocycles. The Balaban J connectivity index is 2.52. The average Bonchev–Trinajstić information content (AvgIpc) is 2.51. The summed E-state index contributed by atoms with van der Waals surface area (Å²) in [5, 5.41) is 6.78. The fourth-order valence-corrected chi connectivity index (χ4v) is 4.19. The summed E-state index contributed by atoms with van der Waals surface area (Å²) in [5.74, 6) is 1.20. The second-order valence-electron chi connectivity index (χ2n) is 9.22. The predicted molar refractivity (Wildman–Crippen MR) is 111 cm³/mol. The molecule has 2 N–H and O–H groups in total. The minimum absolute atomic E-state index is 0.115. The lowest BCUT2D eigenvalue weighted by Gasteiger charge is -2.47. The number of alkyl halides is 1. The van der Waals surface area contributed by atoms with Crippen LogP contribution in [0.3, 0.4) is 0 Å². The first-order valence-corrected chi connectivity index (χ1v) is 10.3. The molecule has 0 aromatic rings. The molecule has 0 aromatic carbocycles. The van der Waals surface area contributed by atoms with Crippen molar-refractivity contribution in [3.63, 3.8) is 0 Å². The number of rotatable bonds is 13. The van der Waals surface area contributed by atoms with Gasteiger partial charge in [-0.15, -0.1) is 0 Å². The number of unbranched alkanes of at least 4 members (excludes halogenated alkanes) is 1. The summed E-state index contributed by atoms with van der Waals surface area (Å²) >= 11 is 0. The van der Waals surface area contributed by atoms with Gasteiger partial charge < -0.3 is 20.1 Å². The van der Waals surface area contributed by atoms with E-state index in [4.69, 9.17) is 9.47 Å². The third-order valence-corrected chi connectivity index (χ3v) is 5.09. The monoisotopic (exact) mass is 384 g/mol. The van der Waals surface area contributed by atoms with E-state index in [1.807, 2.05) is 0 Å². The standard InChI is InChI=1S/C22H41FN2O2/c1-8-9-11-26-18(3)24-16-22(7)14-20(13-21(5,6)15-22)25-19(4)27-12-10-17(2)23/h17,20,24-25H,3-4,8-16H2,1-2,5-7H3. The van der Waals surface area contributed by atoms with E-state index in [1.165, 1.54) is 0 Å². The summed E-state index contributed by atoms with van der Waals surface area (Å²) in [6.45, 7) is 20.4. The van der Waals surface area contributed by atoms with Gasteiger partial charge in [0.1, 0.15) is 6.17 Å². The fourth-order valence-electron chi connectivity index (χ4n) is 4.19. The van der Waals surface area contributed by atoms with Gasteiger partial charge in [0, 0.05) is 19.0 Å². The molecule has 0 amide bonds. The van der Waals surface area contributed by atoms with Gasteiger partial charge in [-0.3, -0.25) is 0 Å². The van der Waals surface area contributed by atoms with E-state index in [1.54, 1.807) is 6.92 Å². The summed E-state index contributed by atoms with van der Waals surface area (Å²) < 4.78 is 24.1. The quantitative estimate of drug-likeness (QED) is 0.335. The van der Waals surface area contributed by atoms with E-state index in [-0.39, 0.29) is 16.9 Å². The molecule has 0 aliphatic heterocycles. The first-order valence-electron chi connectivity index (χ1n) is 10.3. The molecule has 4 nitrogen and oxygen atoms in total. The van der Waals surface area contributed by atoms with Crippen LogP contribution in [0.4, 0.5) is 4.39 Å². The Morgan fingerprint density at radius 2 is 1.81 bits per heavy atom. The van der Waals surface area contributed by atoms with Crippen molar-refractivity contribution in [3.05, 3.63) is 24.9 Å². The lowest BCUT2D eigenvalue weighted by atomic mass is 9.62. The molecule has 1 aliphatic rings. The van der Waals surface area contributed by atoms with Crippen molar-refractivity contribution in [2.24, 2.45) is 10.8 Å². The van der Waals surface area contributed by atoms with Crippen molar-refractivity contribution in [1.82, 2.24) is 10.6 Å². The number of ether oxygens (including phenoxy) is 2. The van der Waals surface area contributed by atoms with Crippen LogP contribution in [0.5, 0.6) is 0 Å². The molecule has 27 heavy (non-hydrogen) atoms. The van der Waals surface area contributed by atoms with Crippen LogP contribution in [0, 0.1) is 10.8 Å². The predicted octanol–water partition coefficient (Wildman–Crippen LogP) is 5.27. The van der Waals surface area contributed by atoms with Crippen molar-refractivity contribution in [2.45, 2.75) is 85.4 Å². The topological polar surface area (TPSA) is 42.5 Å². The van der Waals surface area contributed by atoms with E-state index >= 15 is 0 Å². The van der Waals surface area contributed by atoms with Crippen LogP contribution in [-0.4, -0.2) is 32.0 Å². The minimum atomic E-state index is -0.853. The van der Waals surface area contributed by atoms with Crippen LogP contribution in [-0.2, 0) is 9.47 Å². The van der Waals surface area contributed by atoms with Gasteiger partial charge in [0.05, 0.1) is 13.2 Å². The van der Waals surface area contributed by atoms with Crippen LogP contribution in [0.15, 0.2) is 24.9 Å². The van der Waals surface area contributed by atoms with Gasteiger partial charge in [-0.2, -0.15) is 0 Å². The molecule has 0 aromatic heterocycles. The number of nitrogens with one attached hydrogen (secondary N) is 2. The van der Waals surface area contributed by atoms with Crippen molar-refractivity contribution in [3.8, 4) is 0 Å². The third-order valence-electron chi connectivity index (χ3n) is 5.09. The van der Waals surface area contributed by atoms with Crippen molar-refractivity contribution in [1.29, 1.82) is 0 Å². The molecule has 0 bridgehead atoms. The average molecular weight is 385 g/mol.